The molecule has 1 aliphatic heterocycles. The van der Waals surface area contributed by atoms with Crippen LogP contribution in [-0.2, 0) is 0 Å². The smallest absolute Gasteiger partial charge is 0.0593 e. The molecule has 0 amide bonds. The Kier molecular flexibility index (Phi) is 4.79. The Morgan fingerprint density at radius 2 is 2.10 bits per heavy atom. The van der Waals surface area contributed by atoms with Crippen LogP contribution in [0.5, 0.6) is 0 Å². The monoisotopic (exact) mass is 292 g/mol. The lowest BCUT2D eigenvalue weighted by Gasteiger charge is -2.45. The number of thiophene rings is 1. The molecule has 3 heteroatoms. The maximum atomic E-state index is 6.47. The predicted octanol–water partition coefficient (Wildman–Crippen LogP) is 4.04. The van der Waals surface area contributed by atoms with Gasteiger partial charge in [-0.15, -0.1) is 11.3 Å². The molecule has 2 aliphatic rings. The number of hydrogen-bond acceptors (Lipinski definition) is 3. The molecular weight excluding hydrogens is 264 g/mol. The quantitative estimate of drug-likeness (QED) is 0.907. The van der Waals surface area contributed by atoms with Crippen LogP contribution < -0.4 is 5.73 Å². The number of rotatable bonds is 4. The van der Waals surface area contributed by atoms with Crippen molar-refractivity contribution < 1.29 is 0 Å². The van der Waals surface area contributed by atoms with E-state index in [0.29, 0.717) is 6.04 Å². The van der Waals surface area contributed by atoms with Crippen LogP contribution in [0.1, 0.15) is 56.4 Å². The first-order valence-corrected chi connectivity index (χ1v) is 9.20. The molecule has 1 saturated carbocycles. The van der Waals surface area contributed by atoms with Crippen molar-refractivity contribution in [3.8, 4) is 0 Å². The fraction of sp³-hybridized carbons (Fsp3) is 0.765. The van der Waals surface area contributed by atoms with Gasteiger partial charge in [-0.05, 0) is 49.1 Å². The third kappa shape index (κ3) is 2.95. The molecule has 2 fully saturated rings. The molecule has 3 rings (SSSR count). The zero-order valence-corrected chi connectivity index (χ0v) is 13.4. The molecule has 4 atom stereocenters. The van der Waals surface area contributed by atoms with Crippen molar-refractivity contribution in [1.82, 2.24) is 4.90 Å². The zero-order chi connectivity index (χ0) is 13.9. The van der Waals surface area contributed by atoms with E-state index >= 15 is 0 Å². The third-order valence-electron chi connectivity index (χ3n) is 5.43. The topological polar surface area (TPSA) is 29.3 Å². The molecule has 2 heterocycles. The zero-order valence-electron chi connectivity index (χ0n) is 12.6. The summed E-state index contributed by atoms with van der Waals surface area (Å²) in [6.07, 6.45) is 8.28. The standard InChI is InChI=1S/C17H28N2S/c1-2-15(18)17(16-8-5-11-20-16)19-10-9-13-6-3-4-7-14(13)12-19/h5,8,11,13-15,17H,2-4,6-7,9-10,12,18H2,1H3. The van der Waals surface area contributed by atoms with Gasteiger partial charge in [0, 0.05) is 17.5 Å². The van der Waals surface area contributed by atoms with Crippen molar-refractivity contribution in [1.29, 1.82) is 0 Å². The Bertz CT molecular complexity index is 403. The SMILES string of the molecule is CCC(N)C(c1cccs1)N1CCC2CCCCC2C1. The number of likely N-dealkylation sites (tertiary alicyclic amines) is 1. The van der Waals surface area contributed by atoms with Crippen molar-refractivity contribution in [3.05, 3.63) is 22.4 Å². The highest BCUT2D eigenvalue weighted by molar-refractivity contribution is 7.10. The summed E-state index contributed by atoms with van der Waals surface area (Å²) >= 11 is 1.88. The summed E-state index contributed by atoms with van der Waals surface area (Å²) < 4.78 is 0. The highest BCUT2D eigenvalue weighted by Gasteiger charge is 2.36. The van der Waals surface area contributed by atoms with Crippen LogP contribution in [0.15, 0.2) is 17.5 Å². The average Bonchev–Trinajstić information content (AvgIpc) is 3.01. The van der Waals surface area contributed by atoms with E-state index < -0.39 is 0 Å². The van der Waals surface area contributed by atoms with Crippen molar-refractivity contribution in [2.45, 2.75) is 57.5 Å². The molecule has 0 radical (unpaired) electrons. The molecule has 0 bridgehead atoms. The van der Waals surface area contributed by atoms with E-state index in [0.717, 1.165) is 18.3 Å². The number of hydrogen-bond donors (Lipinski definition) is 1. The molecule has 1 aromatic heterocycles. The minimum absolute atomic E-state index is 0.272. The van der Waals surface area contributed by atoms with Gasteiger partial charge in [-0.1, -0.05) is 32.3 Å². The normalized spacial score (nSPS) is 30.7. The predicted molar refractivity (Wildman–Crippen MR) is 87.0 cm³/mol. The molecule has 2 N–H and O–H groups in total. The van der Waals surface area contributed by atoms with Crippen LogP contribution in [0, 0.1) is 11.8 Å². The van der Waals surface area contributed by atoms with Gasteiger partial charge in [-0.25, -0.2) is 0 Å². The van der Waals surface area contributed by atoms with E-state index in [4.69, 9.17) is 5.73 Å². The van der Waals surface area contributed by atoms with E-state index in [1.54, 1.807) is 0 Å². The molecule has 4 unspecified atom stereocenters. The second-order valence-corrected chi connectivity index (χ2v) is 7.60. The van der Waals surface area contributed by atoms with Crippen LogP contribution in [0.2, 0.25) is 0 Å². The highest BCUT2D eigenvalue weighted by atomic mass is 32.1. The van der Waals surface area contributed by atoms with Gasteiger partial charge in [0.1, 0.15) is 0 Å². The van der Waals surface area contributed by atoms with E-state index in [1.807, 2.05) is 11.3 Å². The van der Waals surface area contributed by atoms with Crippen molar-refractivity contribution in [2.24, 2.45) is 17.6 Å². The molecule has 1 aliphatic carbocycles. The Hall–Kier alpha value is -0.380. The van der Waals surface area contributed by atoms with Crippen LogP contribution in [-0.4, -0.2) is 24.0 Å². The van der Waals surface area contributed by atoms with Gasteiger partial charge in [0.2, 0.25) is 0 Å². The molecule has 0 spiro atoms. The summed E-state index contributed by atoms with van der Waals surface area (Å²) in [6, 6.07) is 5.16. The largest absolute Gasteiger partial charge is 0.326 e. The van der Waals surface area contributed by atoms with Gasteiger partial charge in [0.15, 0.2) is 0 Å². The summed E-state index contributed by atoms with van der Waals surface area (Å²) in [5.74, 6) is 1.94. The highest BCUT2D eigenvalue weighted by Crippen LogP contribution is 2.40. The molecule has 1 saturated heterocycles. The van der Waals surface area contributed by atoms with Crippen LogP contribution in [0.4, 0.5) is 0 Å². The number of nitrogens with zero attached hydrogens (tertiary/aromatic N) is 1. The second kappa shape index (κ2) is 6.59. The lowest BCUT2D eigenvalue weighted by Crippen LogP contribution is -2.48. The summed E-state index contributed by atoms with van der Waals surface area (Å²) in [4.78, 5) is 4.17. The van der Waals surface area contributed by atoms with Crippen molar-refractivity contribution >= 4 is 11.3 Å². The van der Waals surface area contributed by atoms with Gasteiger partial charge in [0.25, 0.3) is 0 Å². The minimum Gasteiger partial charge on any atom is -0.326 e. The van der Waals surface area contributed by atoms with Crippen LogP contribution >= 0.6 is 11.3 Å². The third-order valence-corrected chi connectivity index (χ3v) is 6.37. The summed E-state index contributed by atoms with van der Waals surface area (Å²) in [5.41, 5.74) is 6.47. The van der Waals surface area contributed by atoms with Crippen LogP contribution in [0.3, 0.4) is 0 Å². The molecule has 20 heavy (non-hydrogen) atoms. The van der Waals surface area contributed by atoms with E-state index in [9.17, 15) is 0 Å². The van der Waals surface area contributed by atoms with Gasteiger partial charge in [0.05, 0.1) is 6.04 Å². The Morgan fingerprint density at radius 1 is 1.30 bits per heavy atom. The average molecular weight is 292 g/mol. The Morgan fingerprint density at radius 3 is 2.80 bits per heavy atom. The molecule has 112 valence electrons. The first kappa shape index (κ1) is 14.6. The van der Waals surface area contributed by atoms with Crippen molar-refractivity contribution in [3.63, 3.8) is 0 Å². The van der Waals surface area contributed by atoms with Gasteiger partial charge < -0.3 is 5.73 Å². The summed E-state index contributed by atoms with van der Waals surface area (Å²) in [5, 5.41) is 2.19. The van der Waals surface area contributed by atoms with Crippen LogP contribution in [0.25, 0.3) is 0 Å². The number of fused-ring (bicyclic) bond motifs is 1. The van der Waals surface area contributed by atoms with E-state index in [-0.39, 0.29) is 6.04 Å². The number of nitrogens with two attached hydrogens (primary N) is 1. The Labute approximate surface area is 127 Å². The number of piperidine rings is 1. The lowest BCUT2D eigenvalue weighted by atomic mass is 9.74. The van der Waals surface area contributed by atoms with E-state index in [1.165, 1.54) is 50.1 Å². The lowest BCUT2D eigenvalue weighted by molar-refractivity contribution is 0.0482. The minimum atomic E-state index is 0.272. The molecule has 1 aromatic rings. The fourth-order valence-electron chi connectivity index (χ4n) is 4.23. The summed E-state index contributed by atoms with van der Waals surface area (Å²) in [6.45, 7) is 4.75. The maximum Gasteiger partial charge on any atom is 0.0593 e. The fourth-order valence-corrected chi connectivity index (χ4v) is 5.16. The maximum absolute atomic E-state index is 6.47. The second-order valence-electron chi connectivity index (χ2n) is 6.62. The molecular formula is C17H28N2S. The van der Waals surface area contributed by atoms with Gasteiger partial charge >= 0.3 is 0 Å². The van der Waals surface area contributed by atoms with E-state index in [2.05, 4.69) is 29.3 Å². The van der Waals surface area contributed by atoms with Crippen molar-refractivity contribution in [2.75, 3.05) is 13.1 Å². The molecule has 0 aromatic carbocycles. The summed E-state index contributed by atoms with van der Waals surface area (Å²) in [7, 11) is 0. The van der Waals surface area contributed by atoms with Gasteiger partial charge in [-0.2, -0.15) is 0 Å². The first-order chi connectivity index (χ1) is 9.79. The molecule has 2 nitrogen and oxygen atoms in total. The first-order valence-electron chi connectivity index (χ1n) is 8.32. The Balaban J connectivity index is 1.74. The van der Waals surface area contributed by atoms with Gasteiger partial charge in [-0.3, -0.25) is 4.90 Å².